The zero-order valence-corrected chi connectivity index (χ0v) is 8.53. The highest BCUT2D eigenvalue weighted by Gasteiger charge is 2.21. The lowest BCUT2D eigenvalue weighted by Gasteiger charge is -2.03. The van der Waals surface area contributed by atoms with Crippen molar-refractivity contribution < 1.29 is 9.72 Å². The third-order valence-electron chi connectivity index (χ3n) is 1.93. The molecule has 0 radical (unpaired) electrons. The van der Waals surface area contributed by atoms with Gasteiger partial charge in [-0.15, -0.1) is 11.6 Å². The summed E-state index contributed by atoms with van der Waals surface area (Å²) >= 11 is 5.51. The van der Waals surface area contributed by atoms with Crippen LogP contribution in [0.15, 0.2) is 18.2 Å². The third-order valence-corrected chi connectivity index (χ3v) is 2.12. The van der Waals surface area contributed by atoms with Gasteiger partial charge in [-0.2, -0.15) is 0 Å². The average molecular weight is 229 g/mol. The Morgan fingerprint density at radius 1 is 1.53 bits per heavy atom. The van der Waals surface area contributed by atoms with Gasteiger partial charge in [0.1, 0.15) is 5.56 Å². The summed E-state index contributed by atoms with van der Waals surface area (Å²) in [4.78, 5) is 21.1. The fourth-order valence-electron chi connectivity index (χ4n) is 1.31. The molecular weight excluding hydrogens is 220 g/mol. The van der Waals surface area contributed by atoms with Crippen LogP contribution in [0, 0.1) is 10.1 Å². The molecule has 0 saturated heterocycles. The number of primary amides is 1. The number of nitro groups is 1. The van der Waals surface area contributed by atoms with Crippen molar-refractivity contribution in [3.8, 4) is 0 Å². The molecule has 0 aliphatic rings. The van der Waals surface area contributed by atoms with Gasteiger partial charge in [-0.25, -0.2) is 0 Å². The van der Waals surface area contributed by atoms with Gasteiger partial charge in [0, 0.05) is 11.4 Å². The van der Waals surface area contributed by atoms with Crippen LogP contribution in [0.5, 0.6) is 0 Å². The number of nitrogens with two attached hydrogens (primary N) is 1. The van der Waals surface area contributed by atoms with Crippen LogP contribution in [-0.2, 0) is 6.42 Å². The molecular formula is C9H9ClN2O3. The molecule has 0 bridgehead atoms. The van der Waals surface area contributed by atoms with Crippen molar-refractivity contribution in [3.05, 3.63) is 39.4 Å². The summed E-state index contributed by atoms with van der Waals surface area (Å²) in [6.07, 6.45) is 0.332. The van der Waals surface area contributed by atoms with Crippen LogP contribution in [0.2, 0.25) is 0 Å². The smallest absolute Gasteiger partial charge is 0.285 e. The van der Waals surface area contributed by atoms with Gasteiger partial charge in [-0.1, -0.05) is 12.1 Å². The Hall–Kier alpha value is -1.62. The number of benzene rings is 1. The van der Waals surface area contributed by atoms with E-state index in [9.17, 15) is 14.9 Å². The molecule has 1 aromatic carbocycles. The first-order chi connectivity index (χ1) is 7.07. The molecule has 0 atom stereocenters. The molecule has 2 N–H and O–H groups in total. The molecule has 0 fully saturated rings. The molecule has 1 aromatic rings. The molecule has 0 aromatic heterocycles. The van der Waals surface area contributed by atoms with E-state index < -0.39 is 10.8 Å². The number of alkyl halides is 1. The number of hydrogen-bond acceptors (Lipinski definition) is 3. The Kier molecular flexibility index (Phi) is 3.62. The van der Waals surface area contributed by atoms with Crippen LogP contribution >= 0.6 is 11.6 Å². The molecule has 6 heteroatoms. The molecule has 1 rings (SSSR count). The number of carbonyl (C=O) groups is 1. The number of amides is 1. The van der Waals surface area contributed by atoms with Gasteiger partial charge < -0.3 is 5.73 Å². The fourth-order valence-corrected chi connectivity index (χ4v) is 1.51. The minimum atomic E-state index is -0.807. The summed E-state index contributed by atoms with van der Waals surface area (Å²) in [6, 6.07) is 4.44. The summed E-state index contributed by atoms with van der Waals surface area (Å²) in [5.41, 5.74) is 5.14. The molecule has 0 saturated carbocycles. The molecule has 15 heavy (non-hydrogen) atoms. The first kappa shape index (κ1) is 11.5. The lowest BCUT2D eigenvalue weighted by Crippen LogP contribution is -2.14. The minimum absolute atomic E-state index is 0.0809. The second kappa shape index (κ2) is 4.75. The number of hydrogen-bond donors (Lipinski definition) is 1. The van der Waals surface area contributed by atoms with E-state index in [4.69, 9.17) is 17.3 Å². The van der Waals surface area contributed by atoms with E-state index in [1.165, 1.54) is 6.07 Å². The molecule has 80 valence electrons. The van der Waals surface area contributed by atoms with Gasteiger partial charge in [0.05, 0.1) is 4.92 Å². The van der Waals surface area contributed by atoms with Crippen LogP contribution in [0.3, 0.4) is 0 Å². The van der Waals surface area contributed by atoms with Crippen molar-refractivity contribution >= 4 is 23.2 Å². The van der Waals surface area contributed by atoms with Gasteiger partial charge in [-0.05, 0) is 12.5 Å². The van der Waals surface area contributed by atoms with Gasteiger partial charge in [0.2, 0.25) is 0 Å². The Balaban J connectivity index is 3.34. The van der Waals surface area contributed by atoms with Gasteiger partial charge >= 0.3 is 0 Å². The van der Waals surface area contributed by atoms with Crippen LogP contribution in [0.1, 0.15) is 15.9 Å². The highest BCUT2D eigenvalue weighted by atomic mass is 35.5. The Morgan fingerprint density at radius 3 is 2.67 bits per heavy atom. The molecule has 0 heterocycles. The van der Waals surface area contributed by atoms with Gasteiger partial charge in [-0.3, -0.25) is 14.9 Å². The van der Waals surface area contributed by atoms with E-state index in [0.29, 0.717) is 12.0 Å². The Morgan fingerprint density at radius 2 is 2.20 bits per heavy atom. The molecule has 1 amide bonds. The average Bonchev–Trinajstić information content (AvgIpc) is 2.17. The normalized spacial score (nSPS) is 9.93. The maximum absolute atomic E-state index is 11.0. The lowest BCUT2D eigenvalue weighted by molar-refractivity contribution is -0.385. The first-order valence-corrected chi connectivity index (χ1v) is 4.73. The highest BCUT2D eigenvalue weighted by molar-refractivity contribution is 6.18. The predicted octanol–water partition coefficient (Wildman–Crippen LogP) is 1.48. The first-order valence-electron chi connectivity index (χ1n) is 4.20. The van der Waals surface area contributed by atoms with E-state index in [1.54, 1.807) is 12.1 Å². The molecule has 0 spiro atoms. The summed E-state index contributed by atoms with van der Waals surface area (Å²) in [5.74, 6) is -0.554. The standard InChI is InChI=1S/C9H9ClN2O3/c10-5-4-6-2-1-3-7(9(11)13)8(6)12(14)15/h1-3H,4-5H2,(H2,11,13). The number of aryl methyl sites for hydroxylation is 1. The fraction of sp³-hybridized carbons (Fsp3) is 0.222. The molecule has 5 nitrogen and oxygen atoms in total. The van der Waals surface area contributed by atoms with Crippen LogP contribution in [-0.4, -0.2) is 16.7 Å². The monoisotopic (exact) mass is 228 g/mol. The zero-order valence-electron chi connectivity index (χ0n) is 7.77. The van der Waals surface area contributed by atoms with Crippen molar-refractivity contribution in [1.29, 1.82) is 0 Å². The van der Waals surface area contributed by atoms with Crippen molar-refractivity contribution in [2.24, 2.45) is 5.73 Å². The highest BCUT2D eigenvalue weighted by Crippen LogP contribution is 2.24. The summed E-state index contributed by atoms with van der Waals surface area (Å²) in [7, 11) is 0. The van der Waals surface area contributed by atoms with E-state index in [2.05, 4.69) is 0 Å². The quantitative estimate of drug-likeness (QED) is 0.481. The minimum Gasteiger partial charge on any atom is -0.365 e. The topological polar surface area (TPSA) is 86.2 Å². The Labute approximate surface area is 91.0 Å². The second-order valence-corrected chi connectivity index (χ2v) is 3.25. The number of rotatable bonds is 4. The number of para-hydroxylation sites is 1. The Bertz CT molecular complexity index is 406. The largest absolute Gasteiger partial charge is 0.365 e. The number of nitro benzene ring substituents is 1. The molecule has 0 aliphatic heterocycles. The number of halogens is 1. The van der Waals surface area contributed by atoms with Crippen molar-refractivity contribution in [2.75, 3.05) is 5.88 Å². The predicted molar refractivity (Wildman–Crippen MR) is 56.0 cm³/mol. The second-order valence-electron chi connectivity index (χ2n) is 2.87. The van der Waals surface area contributed by atoms with Crippen LogP contribution in [0.4, 0.5) is 5.69 Å². The molecule has 0 aliphatic carbocycles. The van der Waals surface area contributed by atoms with Crippen LogP contribution in [0.25, 0.3) is 0 Å². The van der Waals surface area contributed by atoms with E-state index in [0.717, 1.165) is 0 Å². The van der Waals surface area contributed by atoms with Gasteiger partial charge in [0.25, 0.3) is 11.6 Å². The third kappa shape index (κ3) is 2.44. The van der Waals surface area contributed by atoms with Gasteiger partial charge in [0.15, 0.2) is 0 Å². The number of carbonyl (C=O) groups excluding carboxylic acids is 1. The van der Waals surface area contributed by atoms with E-state index in [-0.39, 0.29) is 17.1 Å². The SMILES string of the molecule is NC(=O)c1cccc(CCCl)c1[N+](=O)[O-]. The zero-order chi connectivity index (χ0) is 11.4. The lowest BCUT2D eigenvalue weighted by atomic mass is 10.0. The van der Waals surface area contributed by atoms with E-state index in [1.807, 2.05) is 0 Å². The van der Waals surface area contributed by atoms with Crippen LogP contribution < -0.4 is 5.73 Å². The summed E-state index contributed by atoms with van der Waals surface area (Å²) in [6.45, 7) is 0. The van der Waals surface area contributed by atoms with E-state index >= 15 is 0 Å². The molecule has 0 unspecified atom stereocenters. The maximum atomic E-state index is 11.0. The van der Waals surface area contributed by atoms with Crippen molar-refractivity contribution in [2.45, 2.75) is 6.42 Å². The maximum Gasteiger partial charge on any atom is 0.285 e. The summed E-state index contributed by atoms with van der Waals surface area (Å²) in [5, 5.41) is 10.8. The van der Waals surface area contributed by atoms with Crippen molar-refractivity contribution in [3.63, 3.8) is 0 Å². The van der Waals surface area contributed by atoms with Crippen molar-refractivity contribution in [1.82, 2.24) is 0 Å². The summed E-state index contributed by atoms with van der Waals surface area (Å²) < 4.78 is 0. The number of nitrogens with zero attached hydrogens (tertiary/aromatic N) is 1.